The van der Waals surface area contributed by atoms with Crippen LogP contribution in [-0.2, 0) is 0 Å². The zero-order valence-electron chi connectivity index (χ0n) is 31.9. The highest BCUT2D eigenvalue weighted by Crippen LogP contribution is 2.41. The van der Waals surface area contributed by atoms with Gasteiger partial charge in [-0.15, -0.1) is 0 Å². The highest BCUT2D eigenvalue weighted by molar-refractivity contribution is 6.11. The summed E-state index contributed by atoms with van der Waals surface area (Å²) in [6.45, 7) is 0. The lowest BCUT2D eigenvalue weighted by molar-refractivity contribution is 0.670. The first kappa shape index (κ1) is 34.1. The fourth-order valence-corrected chi connectivity index (χ4v) is 8.61. The van der Waals surface area contributed by atoms with E-state index in [0.29, 0.717) is 5.56 Å². The Kier molecular flexibility index (Phi) is 8.17. The van der Waals surface area contributed by atoms with Crippen molar-refractivity contribution >= 4 is 55.1 Å². The minimum Gasteiger partial charge on any atom is -0.455 e. The van der Waals surface area contributed by atoms with Crippen molar-refractivity contribution in [3.8, 4) is 56.3 Å². The van der Waals surface area contributed by atoms with Gasteiger partial charge < -0.3 is 14.3 Å². The van der Waals surface area contributed by atoms with Crippen LogP contribution >= 0.6 is 0 Å². The summed E-state index contributed by atoms with van der Waals surface area (Å²) in [6.07, 6.45) is 0. The maximum Gasteiger partial charge on any atom is 0.143 e. The molecular formula is C55H35N3O. The summed E-state index contributed by atoms with van der Waals surface area (Å²) in [5.41, 5.74) is 16.0. The number of rotatable bonds is 7. The molecule has 0 atom stereocenters. The van der Waals surface area contributed by atoms with Crippen molar-refractivity contribution in [1.29, 1.82) is 5.26 Å². The van der Waals surface area contributed by atoms with Gasteiger partial charge in [0.1, 0.15) is 11.2 Å². The Morgan fingerprint density at radius 1 is 0.424 bits per heavy atom. The highest BCUT2D eigenvalue weighted by atomic mass is 16.3. The second-order valence-electron chi connectivity index (χ2n) is 14.9. The molecule has 0 aliphatic rings. The molecule has 2 heterocycles. The maximum atomic E-state index is 10.4. The summed E-state index contributed by atoms with van der Waals surface area (Å²) >= 11 is 0. The fraction of sp³-hybridized carbons (Fsp3) is 0. The van der Waals surface area contributed by atoms with Gasteiger partial charge in [0.25, 0.3) is 0 Å². The molecule has 1 N–H and O–H groups in total. The largest absolute Gasteiger partial charge is 0.455 e. The Balaban J connectivity index is 1.04. The molecule has 0 saturated carbocycles. The Morgan fingerprint density at radius 3 is 1.86 bits per heavy atom. The number of hydrogen-bond acceptors (Lipinski definition) is 3. The number of nitrogens with one attached hydrogen (secondary N) is 1. The van der Waals surface area contributed by atoms with E-state index in [2.05, 4.69) is 174 Å². The minimum absolute atomic E-state index is 0.610. The number of furan rings is 1. The molecule has 0 unspecified atom stereocenters. The number of hydrogen-bond donors (Lipinski definition) is 1. The molecule has 0 saturated heterocycles. The van der Waals surface area contributed by atoms with Crippen LogP contribution in [0.25, 0.3) is 93.9 Å². The van der Waals surface area contributed by atoms with E-state index in [4.69, 9.17) is 4.42 Å². The summed E-state index contributed by atoms with van der Waals surface area (Å²) in [6, 6.07) is 74.4. The average molecular weight is 754 g/mol. The SMILES string of the molecule is N#Cc1cc(-c2ccc(Nc3ccccc3)c(-c3cccc(-c4cccc5c4oc4ccccc45)c3)c2)cc(-c2ccc3c(c2)c2ccccc2n3-c2ccccc2)c1. The zero-order chi connectivity index (χ0) is 39.3. The summed E-state index contributed by atoms with van der Waals surface area (Å²) in [4.78, 5) is 0. The Bertz CT molecular complexity index is 3420. The van der Waals surface area contributed by atoms with Crippen LogP contribution in [0, 0.1) is 11.3 Å². The molecular weight excluding hydrogens is 719 g/mol. The van der Waals surface area contributed by atoms with Gasteiger partial charge in [0.05, 0.1) is 22.7 Å². The lowest BCUT2D eigenvalue weighted by Crippen LogP contribution is -1.95. The van der Waals surface area contributed by atoms with Crippen molar-refractivity contribution in [3.05, 3.63) is 212 Å². The van der Waals surface area contributed by atoms with Crippen LogP contribution in [0.4, 0.5) is 11.4 Å². The van der Waals surface area contributed by atoms with Crippen LogP contribution in [0.5, 0.6) is 0 Å². The Labute approximate surface area is 341 Å². The van der Waals surface area contributed by atoms with Crippen LogP contribution < -0.4 is 5.32 Å². The first-order valence-corrected chi connectivity index (χ1v) is 19.8. The van der Waals surface area contributed by atoms with Crippen molar-refractivity contribution in [2.75, 3.05) is 5.32 Å². The topological polar surface area (TPSA) is 53.9 Å². The molecule has 0 fully saturated rings. The molecule has 59 heavy (non-hydrogen) atoms. The molecule has 0 spiro atoms. The van der Waals surface area contributed by atoms with Crippen molar-refractivity contribution in [2.24, 2.45) is 0 Å². The van der Waals surface area contributed by atoms with Gasteiger partial charge in [-0.05, 0) is 118 Å². The number of benzene rings is 9. The third-order valence-electron chi connectivity index (χ3n) is 11.4. The molecule has 0 bridgehead atoms. The molecule has 276 valence electrons. The molecule has 4 nitrogen and oxygen atoms in total. The van der Waals surface area contributed by atoms with Crippen molar-refractivity contribution in [2.45, 2.75) is 0 Å². The quantitative estimate of drug-likeness (QED) is 0.176. The summed E-state index contributed by atoms with van der Waals surface area (Å²) in [5.74, 6) is 0. The standard InChI is InChI=1S/C55H35N3O/c56-35-36-29-41(32-42(30-36)38-26-28-53-50(34-38)46-19-7-9-23-52(46)58(53)44-17-5-2-6-18-44)37-25-27-51(57-43-15-3-1-4-16-43)49(33-37)40-14-11-13-39(31-40)45-21-12-22-48-47-20-8-10-24-54(47)59-55(45)48/h1-34,57H. The van der Waals surface area contributed by atoms with E-state index in [1.165, 1.54) is 10.8 Å². The molecule has 0 amide bonds. The van der Waals surface area contributed by atoms with E-state index in [1.54, 1.807) is 0 Å². The number of anilines is 2. The van der Waals surface area contributed by atoms with Crippen LogP contribution in [0.3, 0.4) is 0 Å². The number of nitrogens with zero attached hydrogens (tertiary/aromatic N) is 2. The predicted molar refractivity (Wildman–Crippen MR) is 244 cm³/mol. The second-order valence-corrected chi connectivity index (χ2v) is 14.9. The molecule has 11 rings (SSSR count). The molecule has 0 aliphatic heterocycles. The second kappa shape index (κ2) is 14.1. The molecule has 0 aliphatic carbocycles. The highest BCUT2D eigenvalue weighted by Gasteiger charge is 2.17. The van der Waals surface area contributed by atoms with Crippen LogP contribution in [0.15, 0.2) is 211 Å². The van der Waals surface area contributed by atoms with Crippen LogP contribution in [-0.4, -0.2) is 4.57 Å². The third-order valence-corrected chi connectivity index (χ3v) is 11.4. The smallest absolute Gasteiger partial charge is 0.143 e. The van der Waals surface area contributed by atoms with E-state index in [1.807, 2.05) is 48.5 Å². The van der Waals surface area contributed by atoms with Gasteiger partial charge in [-0.3, -0.25) is 0 Å². The van der Waals surface area contributed by atoms with Crippen molar-refractivity contribution in [1.82, 2.24) is 4.57 Å². The normalized spacial score (nSPS) is 11.4. The van der Waals surface area contributed by atoms with Gasteiger partial charge >= 0.3 is 0 Å². The Morgan fingerprint density at radius 2 is 1.05 bits per heavy atom. The van der Waals surface area contributed by atoms with Crippen molar-refractivity contribution < 1.29 is 4.42 Å². The molecule has 11 aromatic rings. The predicted octanol–water partition coefficient (Wildman–Crippen LogP) is 15.0. The van der Waals surface area contributed by atoms with Gasteiger partial charge in [0.2, 0.25) is 0 Å². The van der Waals surface area contributed by atoms with Crippen LogP contribution in [0.1, 0.15) is 5.56 Å². The van der Waals surface area contributed by atoms with Gasteiger partial charge in [0.15, 0.2) is 0 Å². The van der Waals surface area contributed by atoms with Gasteiger partial charge in [-0.2, -0.15) is 5.26 Å². The molecule has 4 heteroatoms. The van der Waals surface area contributed by atoms with E-state index >= 15 is 0 Å². The monoisotopic (exact) mass is 753 g/mol. The van der Waals surface area contributed by atoms with Gasteiger partial charge in [-0.25, -0.2) is 0 Å². The van der Waals surface area contributed by atoms with E-state index in [-0.39, 0.29) is 0 Å². The zero-order valence-corrected chi connectivity index (χ0v) is 31.9. The molecule has 0 radical (unpaired) electrons. The van der Waals surface area contributed by atoms with Crippen molar-refractivity contribution in [3.63, 3.8) is 0 Å². The fourth-order valence-electron chi connectivity index (χ4n) is 8.61. The maximum absolute atomic E-state index is 10.4. The lowest BCUT2D eigenvalue weighted by atomic mass is 9.92. The Hall–Kier alpha value is -8.13. The number of fused-ring (bicyclic) bond motifs is 6. The van der Waals surface area contributed by atoms with E-state index < -0.39 is 0 Å². The average Bonchev–Trinajstić information content (AvgIpc) is 3.85. The summed E-state index contributed by atoms with van der Waals surface area (Å²) in [7, 11) is 0. The van der Waals surface area contributed by atoms with Gasteiger partial charge in [0, 0.05) is 49.7 Å². The summed E-state index contributed by atoms with van der Waals surface area (Å²) < 4.78 is 8.78. The molecule has 2 aromatic heterocycles. The van der Waals surface area contributed by atoms with Crippen LogP contribution in [0.2, 0.25) is 0 Å². The lowest BCUT2D eigenvalue weighted by Gasteiger charge is -2.16. The first-order chi connectivity index (χ1) is 29.2. The molecule has 9 aromatic carbocycles. The number of para-hydroxylation sites is 5. The summed E-state index contributed by atoms with van der Waals surface area (Å²) in [5, 5.41) is 18.6. The number of nitriles is 1. The van der Waals surface area contributed by atoms with E-state index in [0.717, 1.165) is 94.5 Å². The first-order valence-electron chi connectivity index (χ1n) is 19.8. The third kappa shape index (κ3) is 6.01. The van der Waals surface area contributed by atoms with E-state index in [9.17, 15) is 5.26 Å². The minimum atomic E-state index is 0.610. The van der Waals surface area contributed by atoms with Gasteiger partial charge in [-0.1, -0.05) is 121 Å². The number of aromatic nitrogens is 1.